The molecular weight excluding hydrogens is 252 g/mol. The monoisotopic (exact) mass is 270 g/mol. The summed E-state index contributed by atoms with van der Waals surface area (Å²) in [6.45, 7) is 0.358. The molecule has 0 radical (unpaired) electrons. The fourth-order valence-corrected chi connectivity index (χ4v) is 2.41. The molecule has 1 aliphatic carbocycles. The largest absolute Gasteiger partial charge is 0.497 e. The minimum absolute atomic E-state index is 0.0499. The highest BCUT2D eigenvalue weighted by molar-refractivity contribution is 5.84. The predicted molar refractivity (Wildman–Crippen MR) is 77.6 cm³/mol. The molecule has 3 heteroatoms. The first-order valence-electron chi connectivity index (χ1n) is 6.99. The minimum Gasteiger partial charge on any atom is -0.497 e. The SMILES string of the molecule is COc1ccc2cc(COC(=O)C3CCC3)ccc2c1. The van der Waals surface area contributed by atoms with Gasteiger partial charge < -0.3 is 9.47 Å². The number of methoxy groups -OCH3 is 1. The summed E-state index contributed by atoms with van der Waals surface area (Å²) in [6, 6.07) is 12.0. The van der Waals surface area contributed by atoms with Gasteiger partial charge in [-0.2, -0.15) is 0 Å². The van der Waals surface area contributed by atoms with Gasteiger partial charge in [-0.3, -0.25) is 4.79 Å². The summed E-state index contributed by atoms with van der Waals surface area (Å²) in [6.07, 6.45) is 3.12. The number of ether oxygens (including phenoxy) is 2. The van der Waals surface area contributed by atoms with Gasteiger partial charge in [0.15, 0.2) is 0 Å². The van der Waals surface area contributed by atoms with E-state index in [-0.39, 0.29) is 11.9 Å². The Morgan fingerprint density at radius 2 is 1.90 bits per heavy atom. The van der Waals surface area contributed by atoms with Gasteiger partial charge in [0.2, 0.25) is 0 Å². The standard InChI is InChI=1S/C17H18O3/c1-19-16-8-7-14-9-12(5-6-15(14)10-16)11-20-17(18)13-3-2-4-13/h5-10,13H,2-4,11H2,1H3. The lowest BCUT2D eigenvalue weighted by atomic mass is 9.86. The summed E-state index contributed by atoms with van der Waals surface area (Å²) in [7, 11) is 1.66. The minimum atomic E-state index is -0.0499. The third-order valence-corrected chi connectivity index (χ3v) is 3.93. The fraction of sp³-hybridized carbons (Fsp3) is 0.353. The van der Waals surface area contributed by atoms with Gasteiger partial charge in [0.1, 0.15) is 12.4 Å². The molecule has 2 aromatic rings. The Balaban J connectivity index is 1.70. The van der Waals surface area contributed by atoms with E-state index in [4.69, 9.17) is 9.47 Å². The molecule has 0 spiro atoms. The van der Waals surface area contributed by atoms with Crippen LogP contribution in [0.25, 0.3) is 10.8 Å². The van der Waals surface area contributed by atoms with Crippen LogP contribution in [-0.4, -0.2) is 13.1 Å². The van der Waals surface area contributed by atoms with E-state index in [0.717, 1.165) is 41.3 Å². The number of rotatable bonds is 4. The Hall–Kier alpha value is -2.03. The van der Waals surface area contributed by atoms with Gasteiger partial charge in [-0.15, -0.1) is 0 Å². The lowest BCUT2D eigenvalue weighted by molar-refractivity contribution is -0.152. The second-order valence-electron chi connectivity index (χ2n) is 5.28. The zero-order chi connectivity index (χ0) is 13.9. The maximum absolute atomic E-state index is 11.7. The highest BCUT2D eigenvalue weighted by Gasteiger charge is 2.26. The van der Waals surface area contributed by atoms with E-state index < -0.39 is 0 Å². The van der Waals surface area contributed by atoms with Crippen LogP contribution in [0.4, 0.5) is 0 Å². The van der Waals surface area contributed by atoms with Crippen LogP contribution >= 0.6 is 0 Å². The van der Waals surface area contributed by atoms with Crippen molar-refractivity contribution in [2.45, 2.75) is 25.9 Å². The van der Waals surface area contributed by atoms with Crippen LogP contribution in [-0.2, 0) is 16.1 Å². The van der Waals surface area contributed by atoms with Crippen molar-refractivity contribution in [1.82, 2.24) is 0 Å². The third kappa shape index (κ3) is 2.62. The van der Waals surface area contributed by atoms with Gasteiger partial charge in [-0.25, -0.2) is 0 Å². The van der Waals surface area contributed by atoms with Crippen LogP contribution in [0.15, 0.2) is 36.4 Å². The summed E-state index contributed by atoms with van der Waals surface area (Å²) in [5.74, 6) is 0.937. The molecule has 0 atom stereocenters. The van der Waals surface area contributed by atoms with Crippen molar-refractivity contribution in [2.24, 2.45) is 5.92 Å². The molecule has 20 heavy (non-hydrogen) atoms. The smallest absolute Gasteiger partial charge is 0.309 e. The van der Waals surface area contributed by atoms with Crippen molar-refractivity contribution in [3.05, 3.63) is 42.0 Å². The number of hydrogen-bond acceptors (Lipinski definition) is 3. The Kier molecular flexibility index (Phi) is 3.59. The van der Waals surface area contributed by atoms with Crippen LogP contribution < -0.4 is 4.74 Å². The average molecular weight is 270 g/mol. The number of carbonyl (C=O) groups is 1. The maximum Gasteiger partial charge on any atom is 0.309 e. The molecule has 1 aliphatic rings. The summed E-state index contributed by atoms with van der Waals surface area (Å²) in [5.41, 5.74) is 1.02. The molecule has 0 N–H and O–H groups in total. The van der Waals surface area contributed by atoms with Gasteiger partial charge >= 0.3 is 5.97 Å². The Morgan fingerprint density at radius 1 is 1.15 bits per heavy atom. The van der Waals surface area contributed by atoms with Crippen molar-refractivity contribution < 1.29 is 14.3 Å². The molecule has 0 unspecified atom stereocenters. The molecular formula is C17H18O3. The van der Waals surface area contributed by atoms with E-state index in [0.29, 0.717) is 6.61 Å². The third-order valence-electron chi connectivity index (χ3n) is 3.93. The number of benzene rings is 2. The van der Waals surface area contributed by atoms with E-state index >= 15 is 0 Å². The van der Waals surface area contributed by atoms with Crippen molar-refractivity contribution in [3.63, 3.8) is 0 Å². The van der Waals surface area contributed by atoms with Gasteiger partial charge in [-0.1, -0.05) is 24.6 Å². The highest BCUT2D eigenvalue weighted by atomic mass is 16.5. The molecule has 1 saturated carbocycles. The normalized spacial score (nSPS) is 14.8. The van der Waals surface area contributed by atoms with Crippen molar-refractivity contribution in [1.29, 1.82) is 0 Å². The quantitative estimate of drug-likeness (QED) is 0.795. The topological polar surface area (TPSA) is 35.5 Å². The average Bonchev–Trinajstić information content (AvgIpc) is 2.42. The fourth-order valence-electron chi connectivity index (χ4n) is 2.41. The van der Waals surface area contributed by atoms with Gasteiger partial charge in [0.25, 0.3) is 0 Å². The van der Waals surface area contributed by atoms with E-state index in [1.165, 1.54) is 0 Å². The number of fused-ring (bicyclic) bond motifs is 1. The van der Waals surface area contributed by atoms with Crippen LogP contribution in [0.5, 0.6) is 5.75 Å². The van der Waals surface area contributed by atoms with Gasteiger partial charge in [-0.05, 0) is 47.4 Å². The van der Waals surface area contributed by atoms with Gasteiger partial charge in [0, 0.05) is 0 Å². The molecule has 0 aromatic heterocycles. The second kappa shape index (κ2) is 5.53. The molecule has 1 fully saturated rings. The van der Waals surface area contributed by atoms with E-state index in [9.17, 15) is 4.79 Å². The maximum atomic E-state index is 11.7. The Bertz CT molecular complexity index is 629. The van der Waals surface area contributed by atoms with Crippen LogP contribution in [0.1, 0.15) is 24.8 Å². The molecule has 0 saturated heterocycles. The molecule has 3 rings (SSSR count). The first-order valence-corrected chi connectivity index (χ1v) is 6.99. The summed E-state index contributed by atoms with van der Waals surface area (Å²) < 4.78 is 10.6. The van der Waals surface area contributed by atoms with E-state index in [1.807, 2.05) is 30.3 Å². The van der Waals surface area contributed by atoms with Gasteiger partial charge in [0.05, 0.1) is 13.0 Å². The molecule has 0 bridgehead atoms. The molecule has 0 heterocycles. The molecule has 0 amide bonds. The van der Waals surface area contributed by atoms with E-state index in [2.05, 4.69) is 6.07 Å². The molecule has 2 aromatic carbocycles. The molecule has 3 nitrogen and oxygen atoms in total. The number of esters is 1. The van der Waals surface area contributed by atoms with Crippen LogP contribution in [0.2, 0.25) is 0 Å². The van der Waals surface area contributed by atoms with Crippen LogP contribution in [0, 0.1) is 5.92 Å². The predicted octanol–water partition coefficient (Wildman–Crippen LogP) is 3.69. The summed E-state index contributed by atoms with van der Waals surface area (Å²) in [4.78, 5) is 11.7. The van der Waals surface area contributed by atoms with Crippen molar-refractivity contribution in [3.8, 4) is 5.75 Å². The highest BCUT2D eigenvalue weighted by Crippen LogP contribution is 2.28. The first kappa shape index (κ1) is 13.0. The summed E-state index contributed by atoms with van der Waals surface area (Å²) >= 11 is 0. The lowest BCUT2D eigenvalue weighted by Crippen LogP contribution is -2.23. The molecule has 0 aliphatic heterocycles. The zero-order valence-electron chi connectivity index (χ0n) is 11.6. The zero-order valence-corrected chi connectivity index (χ0v) is 11.6. The van der Waals surface area contributed by atoms with Crippen molar-refractivity contribution >= 4 is 16.7 Å². The number of carbonyl (C=O) groups excluding carboxylic acids is 1. The van der Waals surface area contributed by atoms with Crippen LogP contribution in [0.3, 0.4) is 0 Å². The summed E-state index contributed by atoms with van der Waals surface area (Å²) in [5, 5.41) is 2.25. The second-order valence-corrected chi connectivity index (χ2v) is 5.28. The first-order chi connectivity index (χ1) is 9.76. The Morgan fingerprint density at radius 3 is 2.60 bits per heavy atom. The molecule has 104 valence electrons. The van der Waals surface area contributed by atoms with E-state index in [1.54, 1.807) is 7.11 Å². The number of hydrogen-bond donors (Lipinski definition) is 0. The lowest BCUT2D eigenvalue weighted by Gasteiger charge is -2.23. The van der Waals surface area contributed by atoms with Crippen molar-refractivity contribution in [2.75, 3.05) is 7.11 Å². The Labute approximate surface area is 118 Å².